The first-order valence-corrected chi connectivity index (χ1v) is 14.7. The molecule has 3 aromatic rings. The Morgan fingerprint density at radius 3 is 2.48 bits per heavy atom. The van der Waals surface area contributed by atoms with Crippen molar-refractivity contribution in [3.63, 3.8) is 0 Å². The minimum Gasteiger partial charge on any atom is -0.393 e. The van der Waals surface area contributed by atoms with Crippen molar-refractivity contribution in [2.24, 2.45) is 5.73 Å². The van der Waals surface area contributed by atoms with Gasteiger partial charge in [-0.1, -0.05) is 0 Å². The molecule has 2 saturated heterocycles. The summed E-state index contributed by atoms with van der Waals surface area (Å²) in [5, 5.41) is 23.3. The second kappa shape index (κ2) is 12.2. The number of aromatic nitrogens is 4. The van der Waals surface area contributed by atoms with Gasteiger partial charge in [-0.2, -0.15) is 5.10 Å². The molecule has 1 aliphatic carbocycles. The monoisotopic (exact) mass is 578 g/mol. The van der Waals surface area contributed by atoms with Crippen molar-refractivity contribution in [2.75, 3.05) is 61.8 Å². The molecular formula is C29H39FN10O2. The predicted molar refractivity (Wildman–Crippen MR) is 159 cm³/mol. The molecule has 12 nitrogen and oxygen atoms in total. The number of aliphatic hydroxyl groups excluding tert-OH is 1. The molecule has 1 saturated carbocycles. The van der Waals surface area contributed by atoms with Gasteiger partial charge in [0.15, 0.2) is 17.3 Å². The third-order valence-corrected chi connectivity index (χ3v) is 8.70. The van der Waals surface area contributed by atoms with Crippen LogP contribution in [0.15, 0.2) is 30.5 Å². The number of piperazine rings is 1. The van der Waals surface area contributed by atoms with Gasteiger partial charge in [0.2, 0.25) is 0 Å². The summed E-state index contributed by atoms with van der Waals surface area (Å²) in [6, 6.07) is 7.21. The lowest BCUT2D eigenvalue weighted by Gasteiger charge is -2.42. The minimum absolute atomic E-state index is 0.0135. The van der Waals surface area contributed by atoms with Gasteiger partial charge in [-0.3, -0.25) is 14.8 Å². The Bertz CT molecular complexity index is 1390. The highest BCUT2D eigenvalue weighted by molar-refractivity contribution is 5.97. The molecule has 224 valence electrons. The van der Waals surface area contributed by atoms with Crippen LogP contribution in [-0.2, 0) is 0 Å². The zero-order chi connectivity index (χ0) is 29.2. The first-order chi connectivity index (χ1) is 20.3. The van der Waals surface area contributed by atoms with Crippen molar-refractivity contribution in [3.8, 4) is 11.4 Å². The number of carbonyl (C=O) groups is 1. The fourth-order valence-corrected chi connectivity index (χ4v) is 6.29. The van der Waals surface area contributed by atoms with E-state index in [1.165, 1.54) is 6.07 Å². The number of halogens is 1. The maximum absolute atomic E-state index is 15.5. The number of amides is 1. The molecule has 2 aromatic heterocycles. The van der Waals surface area contributed by atoms with E-state index >= 15 is 4.39 Å². The summed E-state index contributed by atoms with van der Waals surface area (Å²) < 4.78 is 15.5. The number of aliphatic hydroxyl groups is 1. The van der Waals surface area contributed by atoms with Gasteiger partial charge in [-0.25, -0.2) is 14.4 Å². The summed E-state index contributed by atoms with van der Waals surface area (Å²) >= 11 is 0. The molecule has 2 aliphatic heterocycles. The number of rotatable bonds is 8. The van der Waals surface area contributed by atoms with E-state index in [0.29, 0.717) is 47.5 Å². The Labute approximate surface area is 244 Å². The predicted octanol–water partition coefficient (Wildman–Crippen LogP) is 2.39. The van der Waals surface area contributed by atoms with E-state index in [1.54, 1.807) is 24.4 Å². The number of primary amides is 1. The van der Waals surface area contributed by atoms with Gasteiger partial charge in [0.25, 0.3) is 5.91 Å². The molecule has 1 amide bonds. The molecule has 2 atom stereocenters. The number of hydrogen-bond donors (Lipinski definition) is 5. The second-order valence-corrected chi connectivity index (χ2v) is 11.6. The summed E-state index contributed by atoms with van der Waals surface area (Å²) in [6.07, 6.45) is 5.25. The number of likely N-dealkylation sites (N-methyl/N-ethyl adjacent to an activating group) is 1. The van der Waals surface area contributed by atoms with Crippen LogP contribution in [0.4, 0.5) is 27.4 Å². The largest absolute Gasteiger partial charge is 0.393 e. The molecule has 0 bridgehead atoms. The van der Waals surface area contributed by atoms with E-state index in [2.05, 4.69) is 52.5 Å². The molecule has 1 aromatic carbocycles. The van der Waals surface area contributed by atoms with Crippen molar-refractivity contribution in [1.29, 1.82) is 0 Å². The van der Waals surface area contributed by atoms with Crippen LogP contribution in [-0.4, -0.2) is 105 Å². The Morgan fingerprint density at radius 1 is 1.05 bits per heavy atom. The third-order valence-electron chi connectivity index (χ3n) is 8.70. The molecule has 3 aliphatic rings. The van der Waals surface area contributed by atoms with Gasteiger partial charge in [0.1, 0.15) is 11.5 Å². The first kappa shape index (κ1) is 28.3. The lowest BCUT2D eigenvalue weighted by atomic mass is 10.0. The fraction of sp³-hybridized carbons (Fsp3) is 0.517. The average Bonchev–Trinajstić information content (AvgIpc) is 3.66. The number of aromatic amines is 1. The Balaban J connectivity index is 1.20. The molecule has 0 radical (unpaired) electrons. The zero-order valence-electron chi connectivity index (χ0n) is 23.9. The summed E-state index contributed by atoms with van der Waals surface area (Å²) in [6.45, 7) is 5.98. The summed E-state index contributed by atoms with van der Waals surface area (Å²) in [4.78, 5) is 28.7. The molecule has 0 spiro atoms. The van der Waals surface area contributed by atoms with E-state index in [9.17, 15) is 9.90 Å². The molecular weight excluding hydrogens is 539 g/mol. The lowest BCUT2D eigenvalue weighted by molar-refractivity contribution is 0.0981. The van der Waals surface area contributed by atoms with Crippen molar-refractivity contribution >= 4 is 28.9 Å². The fourth-order valence-electron chi connectivity index (χ4n) is 6.29. The van der Waals surface area contributed by atoms with Crippen LogP contribution in [0, 0.1) is 5.82 Å². The van der Waals surface area contributed by atoms with E-state index < -0.39 is 5.91 Å². The van der Waals surface area contributed by atoms with Gasteiger partial charge in [-0.15, -0.1) is 0 Å². The van der Waals surface area contributed by atoms with E-state index in [1.807, 2.05) is 0 Å². The van der Waals surface area contributed by atoms with Gasteiger partial charge in [0.05, 0.1) is 17.5 Å². The smallest absolute Gasteiger partial charge is 0.271 e. The van der Waals surface area contributed by atoms with Gasteiger partial charge in [-0.05, 0) is 63.4 Å². The highest BCUT2D eigenvalue weighted by Gasteiger charge is 2.29. The van der Waals surface area contributed by atoms with Gasteiger partial charge >= 0.3 is 0 Å². The number of nitrogens with two attached hydrogens (primary N) is 1. The zero-order valence-corrected chi connectivity index (χ0v) is 23.9. The molecule has 6 N–H and O–H groups in total. The van der Waals surface area contributed by atoms with Crippen LogP contribution in [0.5, 0.6) is 0 Å². The van der Waals surface area contributed by atoms with E-state index in [4.69, 9.17) is 5.73 Å². The first-order valence-electron chi connectivity index (χ1n) is 14.7. The van der Waals surface area contributed by atoms with Crippen molar-refractivity contribution < 1.29 is 14.3 Å². The van der Waals surface area contributed by atoms with Crippen LogP contribution in [0.25, 0.3) is 11.4 Å². The third kappa shape index (κ3) is 6.18. The average molecular weight is 579 g/mol. The summed E-state index contributed by atoms with van der Waals surface area (Å²) in [5.74, 6) is -0.592. The van der Waals surface area contributed by atoms with Crippen LogP contribution in [0.3, 0.4) is 0 Å². The van der Waals surface area contributed by atoms with Gasteiger partial charge in [0, 0.05) is 63.2 Å². The van der Waals surface area contributed by atoms with Crippen molar-refractivity contribution in [2.45, 2.75) is 50.3 Å². The molecule has 13 heteroatoms. The molecule has 4 heterocycles. The standard InChI is InChI=1S/C29H39FN10O2/c1-38-12-14-39(15-13-38)20-7-10-40(11-8-20)24-5-3-19(17-22(24)30)34-29-26(27(31)42)35-25(23-6-9-32-37-23)28(36-29)33-18-2-4-21(41)16-18/h3,5-6,9,17-18,20-21,41H,2,4,7-8,10-16H2,1H3,(H2,31,42)(H,32,37)(H2,33,34,36). The van der Waals surface area contributed by atoms with Crippen LogP contribution >= 0.6 is 0 Å². The van der Waals surface area contributed by atoms with Crippen LogP contribution in [0.1, 0.15) is 42.6 Å². The number of hydrogen-bond acceptors (Lipinski definition) is 10. The van der Waals surface area contributed by atoms with Crippen LogP contribution < -0.4 is 21.3 Å². The van der Waals surface area contributed by atoms with Crippen molar-refractivity contribution in [3.05, 3.63) is 42.0 Å². The number of nitrogens with one attached hydrogen (secondary N) is 3. The Hall–Kier alpha value is -3.81. The Morgan fingerprint density at radius 2 is 1.83 bits per heavy atom. The molecule has 3 fully saturated rings. The summed E-state index contributed by atoms with van der Waals surface area (Å²) in [5.41, 5.74) is 7.56. The quantitative estimate of drug-likeness (QED) is 0.269. The Kier molecular flexibility index (Phi) is 8.22. The number of carbonyl (C=O) groups excluding carboxylic acids is 1. The highest BCUT2D eigenvalue weighted by atomic mass is 19.1. The number of piperidine rings is 1. The normalized spacial score (nSPS) is 22.4. The highest BCUT2D eigenvalue weighted by Crippen LogP contribution is 2.32. The van der Waals surface area contributed by atoms with E-state index in [-0.39, 0.29) is 29.5 Å². The topological polar surface area (TPSA) is 152 Å². The number of benzene rings is 1. The summed E-state index contributed by atoms with van der Waals surface area (Å²) in [7, 11) is 2.16. The maximum Gasteiger partial charge on any atom is 0.271 e. The van der Waals surface area contributed by atoms with Gasteiger partial charge < -0.3 is 31.3 Å². The number of H-pyrrole nitrogens is 1. The maximum atomic E-state index is 15.5. The molecule has 6 rings (SSSR count). The van der Waals surface area contributed by atoms with E-state index in [0.717, 1.165) is 58.5 Å². The second-order valence-electron chi connectivity index (χ2n) is 11.6. The molecule has 2 unspecified atom stereocenters. The number of anilines is 4. The lowest BCUT2D eigenvalue weighted by Crippen LogP contribution is -2.52. The SMILES string of the molecule is CN1CCN(C2CCN(c3ccc(Nc4nc(NC5CCC(O)C5)c(-c5ccn[nH]5)nc4C(N)=O)cc3F)CC2)CC1. The van der Waals surface area contributed by atoms with Crippen molar-refractivity contribution in [1.82, 2.24) is 30.0 Å². The van der Waals surface area contributed by atoms with Crippen LogP contribution in [0.2, 0.25) is 0 Å². The minimum atomic E-state index is -0.770. The number of nitrogens with zero attached hydrogens (tertiary/aromatic N) is 6. The molecule has 42 heavy (non-hydrogen) atoms.